The van der Waals surface area contributed by atoms with Crippen LogP contribution >= 0.6 is 0 Å². The Morgan fingerprint density at radius 3 is 2.74 bits per heavy atom. The summed E-state index contributed by atoms with van der Waals surface area (Å²) in [5.74, 6) is -0.172. The SMILES string of the molecule is Cc1ccccc1C(O)CNC(=O)c1cccc2c1ccn2C. The molecule has 0 aliphatic carbocycles. The molecule has 2 N–H and O–H groups in total. The molecule has 1 amide bonds. The summed E-state index contributed by atoms with van der Waals surface area (Å²) >= 11 is 0. The molecule has 2 aromatic carbocycles. The molecule has 0 aliphatic rings. The molecule has 118 valence electrons. The second-order valence-electron chi connectivity index (χ2n) is 5.75. The molecule has 1 heterocycles. The number of aromatic nitrogens is 1. The van der Waals surface area contributed by atoms with Gasteiger partial charge in [-0.15, -0.1) is 0 Å². The lowest BCUT2D eigenvalue weighted by Crippen LogP contribution is -2.28. The molecule has 0 radical (unpaired) electrons. The van der Waals surface area contributed by atoms with Crippen LogP contribution in [0.1, 0.15) is 27.6 Å². The molecule has 3 aromatic rings. The Balaban J connectivity index is 1.75. The molecule has 1 atom stereocenters. The van der Waals surface area contributed by atoms with E-state index < -0.39 is 6.10 Å². The van der Waals surface area contributed by atoms with E-state index in [-0.39, 0.29) is 12.5 Å². The van der Waals surface area contributed by atoms with Crippen molar-refractivity contribution < 1.29 is 9.90 Å². The predicted molar refractivity (Wildman–Crippen MR) is 91.4 cm³/mol. The van der Waals surface area contributed by atoms with Crippen molar-refractivity contribution in [1.82, 2.24) is 9.88 Å². The van der Waals surface area contributed by atoms with Gasteiger partial charge in [0.15, 0.2) is 0 Å². The first-order chi connectivity index (χ1) is 11.1. The summed E-state index contributed by atoms with van der Waals surface area (Å²) in [6.07, 6.45) is 1.22. The lowest BCUT2D eigenvalue weighted by Gasteiger charge is -2.15. The highest BCUT2D eigenvalue weighted by Gasteiger charge is 2.14. The van der Waals surface area contributed by atoms with Crippen LogP contribution in [0.25, 0.3) is 10.9 Å². The number of fused-ring (bicyclic) bond motifs is 1. The van der Waals surface area contributed by atoms with Crippen molar-refractivity contribution in [2.75, 3.05) is 6.54 Å². The zero-order chi connectivity index (χ0) is 16.4. The number of nitrogens with zero attached hydrogens (tertiary/aromatic N) is 1. The molecule has 0 fully saturated rings. The summed E-state index contributed by atoms with van der Waals surface area (Å²) in [5.41, 5.74) is 3.49. The number of aliphatic hydroxyl groups is 1. The summed E-state index contributed by atoms with van der Waals surface area (Å²) in [7, 11) is 1.95. The second-order valence-corrected chi connectivity index (χ2v) is 5.75. The number of carbonyl (C=O) groups excluding carboxylic acids is 1. The molecule has 23 heavy (non-hydrogen) atoms. The molecule has 3 rings (SSSR count). The Kier molecular flexibility index (Phi) is 4.17. The highest BCUT2D eigenvalue weighted by molar-refractivity contribution is 6.06. The number of hydrogen-bond donors (Lipinski definition) is 2. The minimum Gasteiger partial charge on any atom is -0.387 e. The summed E-state index contributed by atoms with van der Waals surface area (Å²) in [6.45, 7) is 2.14. The normalized spacial score (nSPS) is 12.3. The fraction of sp³-hybridized carbons (Fsp3) is 0.211. The zero-order valence-corrected chi connectivity index (χ0v) is 13.3. The van der Waals surface area contributed by atoms with Crippen molar-refractivity contribution >= 4 is 16.8 Å². The van der Waals surface area contributed by atoms with E-state index in [1.807, 2.05) is 67.2 Å². The lowest BCUT2D eigenvalue weighted by molar-refractivity contribution is 0.0917. The van der Waals surface area contributed by atoms with Gasteiger partial charge in [0.2, 0.25) is 0 Å². The Bertz CT molecular complexity index is 851. The first-order valence-corrected chi connectivity index (χ1v) is 7.64. The number of amides is 1. The van der Waals surface area contributed by atoms with Gasteiger partial charge in [-0.05, 0) is 36.2 Å². The van der Waals surface area contributed by atoms with E-state index in [9.17, 15) is 9.90 Å². The largest absolute Gasteiger partial charge is 0.387 e. The number of benzene rings is 2. The van der Waals surface area contributed by atoms with E-state index in [4.69, 9.17) is 0 Å². The highest BCUT2D eigenvalue weighted by Crippen LogP contribution is 2.20. The molecule has 0 spiro atoms. The van der Waals surface area contributed by atoms with Crippen LogP contribution in [0.4, 0.5) is 0 Å². The zero-order valence-electron chi connectivity index (χ0n) is 13.3. The van der Waals surface area contributed by atoms with Gasteiger partial charge >= 0.3 is 0 Å². The van der Waals surface area contributed by atoms with E-state index >= 15 is 0 Å². The van der Waals surface area contributed by atoms with Gasteiger partial charge in [-0.3, -0.25) is 4.79 Å². The third kappa shape index (κ3) is 2.98. The molecular formula is C19H20N2O2. The van der Waals surface area contributed by atoms with Crippen LogP contribution in [0.15, 0.2) is 54.7 Å². The maximum Gasteiger partial charge on any atom is 0.252 e. The van der Waals surface area contributed by atoms with Gasteiger partial charge < -0.3 is 15.0 Å². The van der Waals surface area contributed by atoms with Crippen molar-refractivity contribution in [2.24, 2.45) is 7.05 Å². The monoisotopic (exact) mass is 308 g/mol. The molecule has 4 heteroatoms. The third-order valence-electron chi connectivity index (χ3n) is 4.18. The standard InChI is InChI=1S/C19H20N2O2/c1-13-6-3-4-7-14(13)18(22)12-20-19(23)16-8-5-9-17-15(16)10-11-21(17)2/h3-11,18,22H,12H2,1-2H3,(H,20,23). The highest BCUT2D eigenvalue weighted by atomic mass is 16.3. The van der Waals surface area contributed by atoms with Crippen LogP contribution < -0.4 is 5.32 Å². The summed E-state index contributed by atoms with van der Waals surface area (Å²) in [4.78, 5) is 12.5. The van der Waals surface area contributed by atoms with Gasteiger partial charge in [0.25, 0.3) is 5.91 Å². The first-order valence-electron chi connectivity index (χ1n) is 7.64. The molecule has 1 unspecified atom stereocenters. The van der Waals surface area contributed by atoms with Crippen molar-refractivity contribution in [2.45, 2.75) is 13.0 Å². The van der Waals surface area contributed by atoms with Gasteiger partial charge in [0, 0.05) is 36.3 Å². The van der Waals surface area contributed by atoms with Crippen LogP contribution in [-0.2, 0) is 7.05 Å². The van der Waals surface area contributed by atoms with Crippen LogP contribution in [0.5, 0.6) is 0 Å². The average Bonchev–Trinajstić information content (AvgIpc) is 2.94. The van der Waals surface area contributed by atoms with Crippen LogP contribution in [0, 0.1) is 6.92 Å². The fourth-order valence-electron chi connectivity index (χ4n) is 2.86. The van der Waals surface area contributed by atoms with Crippen LogP contribution in [0.2, 0.25) is 0 Å². The van der Waals surface area contributed by atoms with Gasteiger partial charge in [-0.25, -0.2) is 0 Å². The molecule has 4 nitrogen and oxygen atoms in total. The first kappa shape index (κ1) is 15.3. The van der Waals surface area contributed by atoms with E-state index in [0.717, 1.165) is 22.0 Å². The van der Waals surface area contributed by atoms with Crippen molar-refractivity contribution in [3.63, 3.8) is 0 Å². The van der Waals surface area contributed by atoms with E-state index in [2.05, 4.69) is 5.32 Å². The van der Waals surface area contributed by atoms with E-state index in [1.54, 1.807) is 6.07 Å². The number of nitrogens with one attached hydrogen (secondary N) is 1. The Morgan fingerprint density at radius 1 is 1.17 bits per heavy atom. The van der Waals surface area contributed by atoms with Crippen LogP contribution in [0.3, 0.4) is 0 Å². The summed E-state index contributed by atoms with van der Waals surface area (Å²) in [5, 5.41) is 14.0. The fourth-order valence-corrected chi connectivity index (χ4v) is 2.86. The maximum absolute atomic E-state index is 12.5. The lowest BCUT2D eigenvalue weighted by atomic mass is 10.0. The Morgan fingerprint density at radius 2 is 1.96 bits per heavy atom. The van der Waals surface area contributed by atoms with Gasteiger partial charge in [-0.1, -0.05) is 30.3 Å². The van der Waals surface area contributed by atoms with Crippen molar-refractivity contribution in [3.05, 3.63) is 71.4 Å². The van der Waals surface area contributed by atoms with Gasteiger partial charge in [-0.2, -0.15) is 0 Å². The number of hydrogen-bond acceptors (Lipinski definition) is 2. The molecular weight excluding hydrogens is 288 g/mol. The summed E-state index contributed by atoms with van der Waals surface area (Å²) < 4.78 is 1.98. The van der Waals surface area contributed by atoms with Gasteiger partial charge in [0.05, 0.1) is 6.10 Å². The quantitative estimate of drug-likeness (QED) is 0.778. The second kappa shape index (κ2) is 6.26. The number of aliphatic hydroxyl groups excluding tert-OH is 1. The molecule has 0 bridgehead atoms. The summed E-state index contributed by atoms with van der Waals surface area (Å²) in [6, 6.07) is 15.2. The van der Waals surface area contributed by atoms with E-state index in [1.165, 1.54) is 0 Å². The van der Waals surface area contributed by atoms with E-state index in [0.29, 0.717) is 5.56 Å². The average molecular weight is 308 g/mol. The van der Waals surface area contributed by atoms with Gasteiger partial charge in [0.1, 0.15) is 0 Å². The minimum atomic E-state index is -0.713. The maximum atomic E-state index is 12.5. The molecule has 0 saturated carbocycles. The number of aryl methyl sites for hydroxylation is 2. The van der Waals surface area contributed by atoms with Crippen LogP contribution in [-0.4, -0.2) is 22.1 Å². The number of rotatable bonds is 4. The number of carbonyl (C=O) groups is 1. The minimum absolute atomic E-state index is 0.172. The molecule has 1 aromatic heterocycles. The third-order valence-corrected chi connectivity index (χ3v) is 4.18. The van der Waals surface area contributed by atoms with Crippen molar-refractivity contribution in [1.29, 1.82) is 0 Å². The molecule has 0 aliphatic heterocycles. The Hall–Kier alpha value is -2.59. The predicted octanol–water partition coefficient (Wildman–Crippen LogP) is 2.95. The smallest absolute Gasteiger partial charge is 0.252 e. The Labute approximate surface area is 135 Å². The van der Waals surface area contributed by atoms with Crippen molar-refractivity contribution in [3.8, 4) is 0 Å². The topological polar surface area (TPSA) is 54.3 Å². The molecule has 0 saturated heterocycles.